The lowest BCUT2D eigenvalue weighted by atomic mass is 9.83. The Bertz CT molecular complexity index is 1510. The van der Waals surface area contributed by atoms with E-state index in [0.717, 1.165) is 19.0 Å². The SMILES string of the molecule is N#CCC1(n2cc(-c3c(F)cnc4[nH]ccc34)cn2)CN(C2CCN(C(=O)c3ccncc3F)CC2)C1. The van der Waals surface area contributed by atoms with E-state index < -0.39 is 17.2 Å². The van der Waals surface area contributed by atoms with Gasteiger partial charge in [-0.15, -0.1) is 0 Å². The normalized spacial score (nSPS) is 18.0. The van der Waals surface area contributed by atoms with Gasteiger partial charge in [0.1, 0.15) is 17.0 Å². The van der Waals surface area contributed by atoms with E-state index in [4.69, 9.17) is 0 Å². The molecule has 6 rings (SSSR count). The number of nitriles is 1. The Morgan fingerprint density at radius 2 is 1.97 bits per heavy atom. The number of carbonyl (C=O) groups excluding carboxylic acids is 1. The van der Waals surface area contributed by atoms with Crippen LogP contribution >= 0.6 is 0 Å². The third kappa shape index (κ3) is 3.94. The van der Waals surface area contributed by atoms with E-state index >= 15 is 0 Å². The summed E-state index contributed by atoms with van der Waals surface area (Å²) in [4.78, 5) is 27.5. The number of rotatable bonds is 5. The molecule has 0 bridgehead atoms. The Kier molecular flexibility index (Phi) is 5.68. The molecule has 4 aromatic heterocycles. The van der Waals surface area contributed by atoms with E-state index in [1.165, 1.54) is 18.5 Å². The van der Waals surface area contributed by atoms with Crippen molar-refractivity contribution in [1.82, 2.24) is 34.5 Å². The summed E-state index contributed by atoms with van der Waals surface area (Å²) in [6.07, 6.45) is 10.6. The molecule has 1 N–H and O–H groups in total. The molecule has 2 fully saturated rings. The second-order valence-corrected chi connectivity index (χ2v) is 9.74. The first-order valence-corrected chi connectivity index (χ1v) is 12.2. The van der Waals surface area contributed by atoms with Crippen molar-refractivity contribution in [2.45, 2.75) is 30.8 Å². The van der Waals surface area contributed by atoms with Crippen LogP contribution in [0.3, 0.4) is 0 Å². The smallest absolute Gasteiger partial charge is 0.256 e. The molecule has 2 aliphatic heterocycles. The second-order valence-electron chi connectivity index (χ2n) is 9.74. The maximum atomic E-state index is 14.7. The average Bonchev–Trinajstić information content (AvgIpc) is 3.56. The van der Waals surface area contributed by atoms with Crippen LogP contribution in [-0.4, -0.2) is 72.7 Å². The van der Waals surface area contributed by atoms with Crippen molar-refractivity contribution in [2.75, 3.05) is 26.2 Å². The topological polar surface area (TPSA) is 107 Å². The molecule has 9 nitrogen and oxygen atoms in total. The highest BCUT2D eigenvalue weighted by Crippen LogP contribution is 2.38. The number of nitrogens with zero attached hydrogens (tertiary/aromatic N) is 7. The van der Waals surface area contributed by atoms with Gasteiger partial charge < -0.3 is 9.88 Å². The van der Waals surface area contributed by atoms with E-state index in [0.29, 0.717) is 48.3 Å². The summed E-state index contributed by atoms with van der Waals surface area (Å²) in [5.41, 5.74) is 1.21. The van der Waals surface area contributed by atoms with E-state index in [2.05, 4.69) is 31.0 Å². The highest BCUT2D eigenvalue weighted by atomic mass is 19.1. The molecule has 2 aliphatic rings. The van der Waals surface area contributed by atoms with Crippen LogP contribution in [0.1, 0.15) is 29.6 Å². The quantitative estimate of drug-likeness (QED) is 0.449. The molecule has 4 aromatic rings. The molecule has 11 heteroatoms. The summed E-state index contributed by atoms with van der Waals surface area (Å²) in [5.74, 6) is -1.35. The molecular weight excluding hydrogens is 478 g/mol. The number of aromatic nitrogens is 5. The number of carbonyl (C=O) groups is 1. The van der Waals surface area contributed by atoms with Crippen LogP contribution in [0.2, 0.25) is 0 Å². The molecule has 0 radical (unpaired) electrons. The van der Waals surface area contributed by atoms with E-state index in [1.807, 2.05) is 6.20 Å². The van der Waals surface area contributed by atoms with E-state index in [1.54, 1.807) is 28.0 Å². The molecule has 0 atom stereocenters. The monoisotopic (exact) mass is 502 g/mol. The van der Waals surface area contributed by atoms with Gasteiger partial charge in [-0.25, -0.2) is 13.8 Å². The zero-order chi connectivity index (χ0) is 25.6. The number of hydrogen-bond acceptors (Lipinski definition) is 6. The number of halogens is 2. The van der Waals surface area contributed by atoms with Gasteiger partial charge in [-0.2, -0.15) is 10.4 Å². The van der Waals surface area contributed by atoms with Crippen LogP contribution in [-0.2, 0) is 5.54 Å². The first kappa shape index (κ1) is 23.2. The first-order chi connectivity index (χ1) is 18.0. The fraction of sp³-hybridized carbons (Fsp3) is 0.346. The lowest BCUT2D eigenvalue weighted by Gasteiger charge is -2.53. The van der Waals surface area contributed by atoms with Crippen LogP contribution in [0.25, 0.3) is 22.2 Å². The molecule has 0 aliphatic carbocycles. The van der Waals surface area contributed by atoms with Gasteiger partial charge in [-0.3, -0.25) is 19.4 Å². The summed E-state index contributed by atoms with van der Waals surface area (Å²) in [5, 5.41) is 14.8. The summed E-state index contributed by atoms with van der Waals surface area (Å²) in [7, 11) is 0. The average molecular weight is 503 g/mol. The maximum absolute atomic E-state index is 14.7. The predicted octanol–water partition coefficient (Wildman–Crippen LogP) is 3.33. The van der Waals surface area contributed by atoms with Gasteiger partial charge in [0.25, 0.3) is 5.91 Å². The van der Waals surface area contributed by atoms with Gasteiger partial charge in [0.15, 0.2) is 5.82 Å². The van der Waals surface area contributed by atoms with Crippen LogP contribution in [0.4, 0.5) is 8.78 Å². The first-order valence-electron chi connectivity index (χ1n) is 12.2. The lowest BCUT2D eigenvalue weighted by molar-refractivity contribution is -0.0412. The highest BCUT2D eigenvalue weighted by molar-refractivity contribution is 5.94. The summed E-state index contributed by atoms with van der Waals surface area (Å²) in [6.45, 7) is 2.34. The minimum absolute atomic E-state index is 0.0440. The number of piperidine rings is 1. The van der Waals surface area contributed by atoms with Crippen LogP contribution in [0.15, 0.2) is 49.3 Å². The van der Waals surface area contributed by atoms with E-state index in [-0.39, 0.29) is 23.9 Å². The summed E-state index contributed by atoms with van der Waals surface area (Å²) < 4.78 is 30.5. The number of likely N-dealkylation sites (tertiary alicyclic amines) is 2. The minimum atomic E-state index is -0.610. The van der Waals surface area contributed by atoms with E-state index in [9.17, 15) is 18.8 Å². The van der Waals surface area contributed by atoms with Crippen molar-refractivity contribution in [1.29, 1.82) is 5.26 Å². The molecule has 0 aromatic carbocycles. The third-order valence-electron chi connectivity index (χ3n) is 7.57. The van der Waals surface area contributed by atoms with Gasteiger partial charge in [0.05, 0.1) is 36.6 Å². The Morgan fingerprint density at radius 3 is 2.73 bits per heavy atom. The van der Waals surface area contributed by atoms with Gasteiger partial charge in [0, 0.05) is 67.3 Å². The van der Waals surface area contributed by atoms with Crippen molar-refractivity contribution in [3.8, 4) is 17.2 Å². The molecule has 37 heavy (non-hydrogen) atoms. The number of aromatic amines is 1. The van der Waals surface area contributed by atoms with Crippen LogP contribution < -0.4 is 0 Å². The molecular formula is C26H24F2N8O. The lowest BCUT2D eigenvalue weighted by Crippen LogP contribution is -2.66. The molecule has 2 saturated heterocycles. The van der Waals surface area contributed by atoms with Crippen LogP contribution in [0, 0.1) is 23.0 Å². The highest BCUT2D eigenvalue weighted by Gasteiger charge is 2.48. The van der Waals surface area contributed by atoms with Crippen molar-refractivity contribution >= 4 is 16.9 Å². The fourth-order valence-corrected chi connectivity index (χ4v) is 5.59. The molecule has 1 amide bonds. The molecule has 0 spiro atoms. The zero-order valence-corrected chi connectivity index (χ0v) is 19.9. The van der Waals surface area contributed by atoms with Gasteiger partial charge in [-0.1, -0.05) is 0 Å². The molecule has 0 saturated carbocycles. The fourth-order valence-electron chi connectivity index (χ4n) is 5.59. The van der Waals surface area contributed by atoms with Gasteiger partial charge >= 0.3 is 0 Å². The Hall–Kier alpha value is -4.17. The minimum Gasteiger partial charge on any atom is -0.346 e. The number of hydrogen-bond donors (Lipinski definition) is 1. The zero-order valence-electron chi connectivity index (χ0n) is 19.9. The number of H-pyrrole nitrogens is 1. The Morgan fingerprint density at radius 1 is 1.16 bits per heavy atom. The Balaban J connectivity index is 1.15. The third-order valence-corrected chi connectivity index (χ3v) is 7.57. The molecule has 6 heterocycles. The summed E-state index contributed by atoms with van der Waals surface area (Å²) in [6, 6.07) is 5.74. The molecule has 188 valence electrons. The van der Waals surface area contributed by atoms with Crippen LogP contribution in [0.5, 0.6) is 0 Å². The van der Waals surface area contributed by atoms with Gasteiger partial charge in [-0.05, 0) is 25.0 Å². The number of amides is 1. The maximum Gasteiger partial charge on any atom is 0.256 e. The summed E-state index contributed by atoms with van der Waals surface area (Å²) >= 11 is 0. The van der Waals surface area contributed by atoms with Crippen molar-refractivity contribution < 1.29 is 13.6 Å². The number of pyridine rings is 2. The van der Waals surface area contributed by atoms with Gasteiger partial charge in [0.2, 0.25) is 0 Å². The standard InChI is InChI=1S/C26H24F2N8O/c27-21-12-30-7-1-19(21)25(37)34-9-3-18(4-10-34)35-15-26(16-35,5-6-29)36-14-17(11-33-36)23-20-2-8-31-24(20)32-13-22(23)28/h1-2,7-8,11-14,18H,3-5,9-10,15-16H2,(H,31,32). The number of nitrogens with one attached hydrogen (secondary N) is 1. The van der Waals surface area contributed by atoms with Crippen molar-refractivity contribution in [3.63, 3.8) is 0 Å². The second kappa shape index (κ2) is 9.05. The predicted molar refractivity (Wildman–Crippen MR) is 130 cm³/mol. The van der Waals surface area contributed by atoms with Crippen molar-refractivity contribution in [3.05, 3.63) is 66.5 Å². The number of fused-ring (bicyclic) bond motifs is 1. The largest absolute Gasteiger partial charge is 0.346 e. The van der Waals surface area contributed by atoms with Crippen molar-refractivity contribution in [2.24, 2.45) is 0 Å². The Labute approximate surface area is 211 Å². The molecule has 0 unspecified atom stereocenters.